The minimum atomic E-state index is -0.0642. The molecule has 1 aromatic rings. The lowest BCUT2D eigenvalue weighted by Gasteiger charge is -2.32. The molecule has 0 spiro atoms. The number of hydrogen-bond donors (Lipinski definition) is 0. The van der Waals surface area contributed by atoms with Crippen LogP contribution in [0.2, 0.25) is 0 Å². The van der Waals surface area contributed by atoms with Crippen LogP contribution in [0.15, 0.2) is 28.7 Å². The summed E-state index contributed by atoms with van der Waals surface area (Å²) < 4.78 is 1.07. The highest BCUT2D eigenvalue weighted by Gasteiger charge is 2.33. The predicted molar refractivity (Wildman–Crippen MR) is 74.0 cm³/mol. The SMILES string of the molecule is CC1(C(=O)Cc2ccc(Br)cc2)CCCCC1. The maximum Gasteiger partial charge on any atom is 0.143 e. The number of carbonyl (C=O) groups is 1. The molecule has 1 aromatic carbocycles. The molecule has 1 nitrogen and oxygen atoms in total. The van der Waals surface area contributed by atoms with Crippen LogP contribution in [0, 0.1) is 5.41 Å². The van der Waals surface area contributed by atoms with Crippen molar-refractivity contribution >= 4 is 21.7 Å². The Bertz CT molecular complexity index is 388. The van der Waals surface area contributed by atoms with E-state index in [0.717, 1.165) is 22.9 Å². The monoisotopic (exact) mass is 294 g/mol. The molecule has 0 unspecified atom stereocenters. The van der Waals surface area contributed by atoms with Crippen molar-refractivity contribution in [2.45, 2.75) is 45.4 Å². The molecule has 0 bridgehead atoms. The van der Waals surface area contributed by atoms with Crippen molar-refractivity contribution in [3.63, 3.8) is 0 Å². The number of benzene rings is 1. The molecule has 1 saturated carbocycles. The van der Waals surface area contributed by atoms with Gasteiger partial charge in [0.05, 0.1) is 0 Å². The molecular formula is C15H19BrO. The van der Waals surface area contributed by atoms with E-state index in [-0.39, 0.29) is 5.41 Å². The third-order valence-corrected chi connectivity index (χ3v) is 4.44. The van der Waals surface area contributed by atoms with Crippen molar-refractivity contribution in [2.24, 2.45) is 5.41 Å². The van der Waals surface area contributed by atoms with Crippen LogP contribution in [-0.4, -0.2) is 5.78 Å². The van der Waals surface area contributed by atoms with Gasteiger partial charge in [-0.15, -0.1) is 0 Å². The molecule has 0 N–H and O–H groups in total. The first kappa shape index (κ1) is 12.8. The maximum absolute atomic E-state index is 12.4. The molecule has 2 heteroatoms. The van der Waals surface area contributed by atoms with Crippen LogP contribution >= 0.6 is 15.9 Å². The highest BCUT2D eigenvalue weighted by Crippen LogP contribution is 2.37. The third-order valence-electron chi connectivity index (χ3n) is 3.91. The zero-order chi connectivity index (χ0) is 12.3. The number of rotatable bonds is 3. The summed E-state index contributed by atoms with van der Waals surface area (Å²) in [6, 6.07) is 8.08. The molecule has 0 atom stereocenters. The quantitative estimate of drug-likeness (QED) is 0.800. The van der Waals surface area contributed by atoms with Gasteiger partial charge in [-0.2, -0.15) is 0 Å². The van der Waals surface area contributed by atoms with Gasteiger partial charge in [-0.1, -0.05) is 54.2 Å². The fourth-order valence-corrected chi connectivity index (χ4v) is 2.88. The lowest BCUT2D eigenvalue weighted by atomic mass is 9.71. The average molecular weight is 295 g/mol. The first-order chi connectivity index (χ1) is 8.10. The second-order valence-electron chi connectivity index (χ2n) is 5.35. The summed E-state index contributed by atoms with van der Waals surface area (Å²) >= 11 is 3.41. The molecule has 1 fully saturated rings. The number of ketones is 1. The normalized spacial score (nSPS) is 18.9. The average Bonchev–Trinajstić information content (AvgIpc) is 2.33. The van der Waals surface area contributed by atoms with Gasteiger partial charge in [-0.3, -0.25) is 4.79 Å². The first-order valence-electron chi connectivity index (χ1n) is 6.38. The Kier molecular flexibility index (Phi) is 4.03. The summed E-state index contributed by atoms with van der Waals surface area (Å²) in [7, 11) is 0. The number of Topliss-reactive ketones (excluding diaryl/α,β-unsaturated/α-hetero) is 1. The summed E-state index contributed by atoms with van der Waals surface area (Å²) in [5.74, 6) is 0.416. The molecule has 2 rings (SSSR count). The largest absolute Gasteiger partial charge is 0.299 e. The van der Waals surface area contributed by atoms with Crippen molar-refractivity contribution in [3.05, 3.63) is 34.3 Å². The molecule has 0 saturated heterocycles. The van der Waals surface area contributed by atoms with Crippen LogP contribution < -0.4 is 0 Å². The number of halogens is 1. The van der Waals surface area contributed by atoms with Crippen LogP contribution in [0.5, 0.6) is 0 Å². The zero-order valence-electron chi connectivity index (χ0n) is 10.3. The second-order valence-corrected chi connectivity index (χ2v) is 6.26. The number of hydrogen-bond acceptors (Lipinski definition) is 1. The van der Waals surface area contributed by atoms with E-state index in [0.29, 0.717) is 12.2 Å². The minimum Gasteiger partial charge on any atom is -0.299 e. The van der Waals surface area contributed by atoms with E-state index in [9.17, 15) is 4.79 Å². The Morgan fingerprint density at radius 1 is 1.18 bits per heavy atom. The molecule has 0 aromatic heterocycles. The van der Waals surface area contributed by atoms with Crippen LogP contribution in [0.25, 0.3) is 0 Å². The molecular weight excluding hydrogens is 276 g/mol. The maximum atomic E-state index is 12.4. The summed E-state index contributed by atoms with van der Waals surface area (Å²) in [5, 5.41) is 0. The molecule has 0 amide bonds. The first-order valence-corrected chi connectivity index (χ1v) is 7.17. The van der Waals surface area contributed by atoms with Gasteiger partial charge in [0.1, 0.15) is 5.78 Å². The van der Waals surface area contributed by atoms with E-state index in [1.165, 1.54) is 19.3 Å². The van der Waals surface area contributed by atoms with Crippen LogP contribution in [0.4, 0.5) is 0 Å². The van der Waals surface area contributed by atoms with Gasteiger partial charge in [0.2, 0.25) is 0 Å². The lowest BCUT2D eigenvalue weighted by Crippen LogP contribution is -2.31. The van der Waals surface area contributed by atoms with Crippen molar-refractivity contribution in [3.8, 4) is 0 Å². The summed E-state index contributed by atoms with van der Waals surface area (Å²) in [6.07, 6.45) is 6.45. The van der Waals surface area contributed by atoms with E-state index in [1.807, 2.05) is 24.3 Å². The predicted octanol–water partition coefficient (Wildman–Crippen LogP) is 4.53. The van der Waals surface area contributed by atoms with Crippen LogP contribution in [0.1, 0.15) is 44.6 Å². The van der Waals surface area contributed by atoms with Crippen molar-refractivity contribution in [2.75, 3.05) is 0 Å². The third kappa shape index (κ3) is 3.19. The Morgan fingerprint density at radius 2 is 1.76 bits per heavy atom. The van der Waals surface area contributed by atoms with Crippen LogP contribution in [-0.2, 0) is 11.2 Å². The van der Waals surface area contributed by atoms with Gasteiger partial charge in [0.25, 0.3) is 0 Å². The Hall–Kier alpha value is -0.630. The van der Waals surface area contributed by atoms with E-state index < -0.39 is 0 Å². The highest BCUT2D eigenvalue weighted by molar-refractivity contribution is 9.10. The van der Waals surface area contributed by atoms with E-state index in [4.69, 9.17) is 0 Å². The van der Waals surface area contributed by atoms with Crippen molar-refractivity contribution in [1.82, 2.24) is 0 Å². The van der Waals surface area contributed by atoms with Gasteiger partial charge in [-0.05, 0) is 30.5 Å². The molecule has 0 radical (unpaired) electrons. The van der Waals surface area contributed by atoms with Gasteiger partial charge in [-0.25, -0.2) is 0 Å². The Morgan fingerprint density at radius 3 is 2.35 bits per heavy atom. The van der Waals surface area contributed by atoms with E-state index in [2.05, 4.69) is 22.9 Å². The van der Waals surface area contributed by atoms with Crippen molar-refractivity contribution in [1.29, 1.82) is 0 Å². The van der Waals surface area contributed by atoms with Gasteiger partial charge >= 0.3 is 0 Å². The molecule has 1 aliphatic carbocycles. The fourth-order valence-electron chi connectivity index (χ4n) is 2.61. The minimum absolute atomic E-state index is 0.0642. The Labute approximate surface area is 112 Å². The van der Waals surface area contributed by atoms with Gasteiger partial charge in [0, 0.05) is 16.3 Å². The fraction of sp³-hybridized carbons (Fsp3) is 0.533. The molecule has 1 aliphatic rings. The standard InChI is InChI=1S/C15H19BrO/c1-15(9-3-2-4-10-15)14(17)11-12-5-7-13(16)8-6-12/h5-8H,2-4,9-11H2,1H3. The van der Waals surface area contributed by atoms with E-state index >= 15 is 0 Å². The summed E-state index contributed by atoms with van der Waals surface area (Å²) in [6.45, 7) is 2.15. The van der Waals surface area contributed by atoms with E-state index in [1.54, 1.807) is 0 Å². The summed E-state index contributed by atoms with van der Waals surface area (Å²) in [4.78, 5) is 12.4. The van der Waals surface area contributed by atoms with Gasteiger partial charge < -0.3 is 0 Å². The smallest absolute Gasteiger partial charge is 0.143 e. The Balaban J connectivity index is 2.03. The van der Waals surface area contributed by atoms with Crippen molar-refractivity contribution < 1.29 is 4.79 Å². The molecule has 0 heterocycles. The number of carbonyl (C=O) groups excluding carboxylic acids is 1. The molecule has 92 valence electrons. The van der Waals surface area contributed by atoms with Gasteiger partial charge in [0.15, 0.2) is 0 Å². The lowest BCUT2D eigenvalue weighted by molar-refractivity contribution is -0.128. The zero-order valence-corrected chi connectivity index (χ0v) is 11.9. The molecule has 0 aliphatic heterocycles. The topological polar surface area (TPSA) is 17.1 Å². The molecule has 17 heavy (non-hydrogen) atoms. The highest BCUT2D eigenvalue weighted by atomic mass is 79.9. The summed E-state index contributed by atoms with van der Waals surface area (Å²) in [5.41, 5.74) is 1.07. The second kappa shape index (κ2) is 5.34. The van der Waals surface area contributed by atoms with Crippen LogP contribution in [0.3, 0.4) is 0 Å².